The zero-order valence-electron chi connectivity index (χ0n) is 10.4. The van der Waals surface area contributed by atoms with Crippen molar-refractivity contribution in [3.8, 4) is 10.6 Å². The van der Waals surface area contributed by atoms with Crippen molar-refractivity contribution < 1.29 is 4.42 Å². The number of nitrogens with one attached hydrogen (secondary N) is 1. The molecule has 18 heavy (non-hydrogen) atoms. The lowest BCUT2D eigenvalue weighted by atomic mass is 10.3. The molecule has 0 radical (unpaired) electrons. The number of nitrogens with zero attached hydrogens (tertiary/aromatic N) is 1. The maximum atomic E-state index is 5.76. The van der Waals surface area contributed by atoms with Crippen LogP contribution >= 0.6 is 27.3 Å². The molecule has 0 aliphatic rings. The van der Waals surface area contributed by atoms with Crippen LogP contribution in [0.5, 0.6) is 0 Å². The van der Waals surface area contributed by atoms with Crippen LogP contribution in [-0.2, 0) is 6.42 Å². The van der Waals surface area contributed by atoms with Gasteiger partial charge in [0.25, 0.3) is 0 Å². The van der Waals surface area contributed by atoms with Gasteiger partial charge in [-0.25, -0.2) is 4.98 Å². The van der Waals surface area contributed by atoms with E-state index < -0.39 is 0 Å². The van der Waals surface area contributed by atoms with Gasteiger partial charge in [0.15, 0.2) is 11.7 Å². The number of oxazole rings is 1. The Kier molecular flexibility index (Phi) is 5.41. The van der Waals surface area contributed by atoms with E-state index in [9.17, 15) is 0 Å². The number of hydrogen-bond donors (Lipinski definition) is 1. The lowest BCUT2D eigenvalue weighted by molar-refractivity contribution is 0.492. The Morgan fingerprint density at radius 1 is 1.44 bits per heavy atom. The zero-order valence-corrected chi connectivity index (χ0v) is 12.8. The van der Waals surface area contributed by atoms with Gasteiger partial charge in [-0.15, -0.1) is 11.3 Å². The molecule has 2 rings (SSSR count). The fourth-order valence-corrected chi connectivity index (χ4v) is 3.18. The summed E-state index contributed by atoms with van der Waals surface area (Å²) in [6.07, 6.45) is 4.94. The van der Waals surface area contributed by atoms with Gasteiger partial charge in [-0.1, -0.05) is 6.92 Å². The monoisotopic (exact) mass is 328 g/mol. The predicted octanol–water partition coefficient (Wildman–Crippen LogP) is 4.10. The highest BCUT2D eigenvalue weighted by atomic mass is 79.9. The van der Waals surface area contributed by atoms with Crippen molar-refractivity contribution in [1.82, 2.24) is 10.3 Å². The van der Waals surface area contributed by atoms with Gasteiger partial charge < -0.3 is 9.73 Å². The van der Waals surface area contributed by atoms with Crippen LogP contribution in [0.15, 0.2) is 26.5 Å². The maximum Gasteiger partial charge on any atom is 0.194 e. The summed E-state index contributed by atoms with van der Waals surface area (Å²) in [5.41, 5.74) is 0. The van der Waals surface area contributed by atoms with Crippen molar-refractivity contribution in [2.45, 2.75) is 26.2 Å². The van der Waals surface area contributed by atoms with Crippen LogP contribution < -0.4 is 5.32 Å². The van der Waals surface area contributed by atoms with E-state index in [1.54, 1.807) is 11.3 Å². The second-order valence-corrected chi connectivity index (χ2v) is 5.84. The number of aromatic nitrogens is 1. The molecule has 0 unspecified atom stereocenters. The fraction of sp³-hybridized carbons (Fsp3) is 0.462. The average Bonchev–Trinajstić information content (AvgIpc) is 2.97. The SMILES string of the molecule is CCCNCCCc1ncc(-c2sccc2Br)o1. The molecular formula is C13H17BrN2OS. The molecule has 2 aromatic heterocycles. The summed E-state index contributed by atoms with van der Waals surface area (Å²) < 4.78 is 6.83. The number of thiophene rings is 1. The van der Waals surface area contributed by atoms with E-state index in [1.165, 1.54) is 6.42 Å². The first-order chi connectivity index (χ1) is 8.81. The van der Waals surface area contributed by atoms with Crippen LogP contribution in [0.3, 0.4) is 0 Å². The highest BCUT2D eigenvalue weighted by molar-refractivity contribution is 9.10. The van der Waals surface area contributed by atoms with Crippen molar-refractivity contribution in [3.05, 3.63) is 28.0 Å². The minimum absolute atomic E-state index is 0.823. The molecule has 0 spiro atoms. The van der Waals surface area contributed by atoms with Crippen molar-refractivity contribution >= 4 is 27.3 Å². The molecule has 0 amide bonds. The first kappa shape index (κ1) is 13.8. The molecule has 0 aliphatic carbocycles. The Balaban J connectivity index is 1.85. The van der Waals surface area contributed by atoms with Gasteiger partial charge in [-0.2, -0.15) is 0 Å². The molecule has 2 aromatic rings. The van der Waals surface area contributed by atoms with Crippen LogP contribution in [0, 0.1) is 0 Å². The van der Waals surface area contributed by atoms with Gasteiger partial charge in [0, 0.05) is 10.9 Å². The van der Waals surface area contributed by atoms with E-state index in [0.717, 1.165) is 46.9 Å². The molecule has 5 heteroatoms. The van der Waals surface area contributed by atoms with Gasteiger partial charge in [0.1, 0.15) is 0 Å². The van der Waals surface area contributed by atoms with E-state index in [2.05, 4.69) is 33.2 Å². The van der Waals surface area contributed by atoms with Crippen LogP contribution in [-0.4, -0.2) is 18.1 Å². The topological polar surface area (TPSA) is 38.1 Å². The molecule has 2 heterocycles. The third-order valence-electron chi connectivity index (χ3n) is 2.57. The Hall–Kier alpha value is -0.650. The second kappa shape index (κ2) is 7.07. The fourth-order valence-electron chi connectivity index (χ4n) is 1.67. The molecule has 1 N–H and O–H groups in total. The van der Waals surface area contributed by atoms with Gasteiger partial charge in [-0.3, -0.25) is 0 Å². The van der Waals surface area contributed by atoms with Gasteiger partial charge in [0.2, 0.25) is 0 Å². The first-order valence-corrected chi connectivity index (χ1v) is 7.87. The molecule has 3 nitrogen and oxygen atoms in total. The minimum Gasteiger partial charge on any atom is -0.440 e. The number of rotatable bonds is 7. The number of halogens is 1. The third-order valence-corrected chi connectivity index (χ3v) is 4.42. The lowest BCUT2D eigenvalue weighted by Gasteiger charge is -2.00. The molecule has 0 bridgehead atoms. The Labute approximate surface area is 120 Å². The normalized spacial score (nSPS) is 11.0. The van der Waals surface area contributed by atoms with Gasteiger partial charge >= 0.3 is 0 Å². The zero-order chi connectivity index (χ0) is 12.8. The van der Waals surface area contributed by atoms with Crippen LogP contribution in [0.4, 0.5) is 0 Å². The summed E-state index contributed by atoms with van der Waals surface area (Å²) in [6, 6.07) is 2.02. The molecule has 98 valence electrons. The smallest absolute Gasteiger partial charge is 0.194 e. The molecule has 0 aromatic carbocycles. The van der Waals surface area contributed by atoms with Crippen molar-refractivity contribution in [3.63, 3.8) is 0 Å². The molecule has 0 saturated heterocycles. The standard InChI is InChI=1S/C13H17BrN2OS/c1-2-6-15-7-3-4-12-16-9-11(17-12)13-10(14)5-8-18-13/h5,8-9,15H,2-4,6-7H2,1H3. The number of hydrogen-bond acceptors (Lipinski definition) is 4. The minimum atomic E-state index is 0.823. The predicted molar refractivity (Wildman–Crippen MR) is 79.0 cm³/mol. The summed E-state index contributed by atoms with van der Waals surface area (Å²) in [5, 5.41) is 5.41. The molecule has 0 saturated carbocycles. The second-order valence-electron chi connectivity index (χ2n) is 4.07. The highest BCUT2D eigenvalue weighted by Gasteiger charge is 2.10. The lowest BCUT2D eigenvalue weighted by Crippen LogP contribution is -2.16. The van der Waals surface area contributed by atoms with Crippen LogP contribution in [0.2, 0.25) is 0 Å². The Morgan fingerprint density at radius 2 is 2.33 bits per heavy atom. The molecular weight excluding hydrogens is 312 g/mol. The summed E-state index contributed by atoms with van der Waals surface area (Å²) in [4.78, 5) is 5.43. The summed E-state index contributed by atoms with van der Waals surface area (Å²) in [6.45, 7) is 4.28. The van der Waals surface area contributed by atoms with Crippen molar-refractivity contribution in [2.24, 2.45) is 0 Å². The molecule has 0 atom stereocenters. The van der Waals surface area contributed by atoms with Crippen molar-refractivity contribution in [2.75, 3.05) is 13.1 Å². The largest absolute Gasteiger partial charge is 0.440 e. The van der Waals surface area contributed by atoms with Gasteiger partial charge in [-0.05, 0) is 53.3 Å². The Morgan fingerprint density at radius 3 is 3.06 bits per heavy atom. The quantitative estimate of drug-likeness (QED) is 0.777. The van der Waals surface area contributed by atoms with Gasteiger partial charge in [0.05, 0.1) is 11.1 Å². The average molecular weight is 329 g/mol. The van der Waals surface area contributed by atoms with E-state index in [0.29, 0.717) is 0 Å². The summed E-state index contributed by atoms with van der Waals surface area (Å²) in [5.74, 6) is 1.68. The van der Waals surface area contributed by atoms with E-state index in [4.69, 9.17) is 4.42 Å². The van der Waals surface area contributed by atoms with E-state index in [1.807, 2.05) is 17.6 Å². The molecule has 0 fully saturated rings. The summed E-state index contributed by atoms with van der Waals surface area (Å²) >= 11 is 5.16. The van der Waals surface area contributed by atoms with Crippen molar-refractivity contribution in [1.29, 1.82) is 0 Å². The Bertz CT molecular complexity index is 481. The van der Waals surface area contributed by atoms with E-state index in [-0.39, 0.29) is 0 Å². The summed E-state index contributed by atoms with van der Waals surface area (Å²) in [7, 11) is 0. The molecule has 0 aliphatic heterocycles. The van der Waals surface area contributed by atoms with Crippen LogP contribution in [0.1, 0.15) is 25.7 Å². The third kappa shape index (κ3) is 3.67. The maximum absolute atomic E-state index is 5.76. The first-order valence-electron chi connectivity index (χ1n) is 6.20. The van der Waals surface area contributed by atoms with E-state index >= 15 is 0 Å². The highest BCUT2D eigenvalue weighted by Crippen LogP contribution is 2.33. The number of aryl methyl sites for hydroxylation is 1. The van der Waals surface area contributed by atoms with Crippen LogP contribution in [0.25, 0.3) is 10.6 Å².